The Morgan fingerprint density at radius 2 is 1.96 bits per heavy atom. The minimum atomic E-state index is -2.00. The van der Waals surface area contributed by atoms with Gasteiger partial charge < -0.3 is 15.3 Å². The number of fused-ring (bicyclic) bond motifs is 5. The molecule has 3 saturated carbocycles. The van der Waals surface area contributed by atoms with Gasteiger partial charge in [0.15, 0.2) is 17.1 Å². The predicted octanol–water partition coefficient (Wildman–Crippen LogP) is 2.42. The second-order valence-electron chi connectivity index (χ2n) is 9.47. The van der Waals surface area contributed by atoms with E-state index in [9.17, 15) is 24.9 Å². The number of halogens is 1. The quantitative estimate of drug-likeness (QED) is 0.651. The largest absolute Gasteiger partial charge is 0.479 e. The Morgan fingerprint density at radius 3 is 2.59 bits per heavy atom. The number of carboxylic acid groups (broad SMARTS) is 1. The average Bonchev–Trinajstić information content (AvgIpc) is 2.79. The molecule has 0 radical (unpaired) electrons. The molecule has 0 bridgehead atoms. The smallest absolute Gasteiger partial charge is 0.336 e. The third-order valence-electron chi connectivity index (χ3n) is 8.55. The van der Waals surface area contributed by atoms with Gasteiger partial charge in [0.05, 0.1) is 6.10 Å². The first-order valence-corrected chi connectivity index (χ1v) is 9.70. The Balaban J connectivity index is 1.85. The molecule has 6 heteroatoms. The Kier molecular flexibility index (Phi) is 3.69. The van der Waals surface area contributed by atoms with Crippen LogP contribution in [0.3, 0.4) is 0 Å². The molecule has 4 aliphatic rings. The molecule has 5 nitrogen and oxygen atoms in total. The highest BCUT2D eigenvalue weighted by atomic mass is 19.1. The zero-order chi connectivity index (χ0) is 20.0. The zero-order valence-corrected chi connectivity index (χ0v) is 15.9. The van der Waals surface area contributed by atoms with E-state index in [4.69, 9.17) is 0 Å². The van der Waals surface area contributed by atoms with Crippen molar-refractivity contribution in [3.05, 3.63) is 23.8 Å². The first kappa shape index (κ1) is 18.8. The van der Waals surface area contributed by atoms with Gasteiger partial charge in [-0.2, -0.15) is 0 Å². The lowest BCUT2D eigenvalue weighted by Crippen LogP contribution is -2.69. The topological polar surface area (TPSA) is 94.8 Å². The van der Waals surface area contributed by atoms with Crippen LogP contribution >= 0.6 is 0 Å². The number of aliphatic hydroxyl groups excluding tert-OH is 1. The van der Waals surface area contributed by atoms with Gasteiger partial charge in [0.1, 0.15) is 0 Å². The van der Waals surface area contributed by atoms with Crippen LogP contribution in [0.5, 0.6) is 0 Å². The van der Waals surface area contributed by atoms with Gasteiger partial charge in [-0.3, -0.25) is 4.79 Å². The van der Waals surface area contributed by atoms with E-state index in [0.29, 0.717) is 24.8 Å². The van der Waals surface area contributed by atoms with Crippen LogP contribution in [0.1, 0.15) is 46.5 Å². The molecule has 0 aliphatic heterocycles. The summed E-state index contributed by atoms with van der Waals surface area (Å²) in [6.45, 7) is 5.10. The summed E-state index contributed by atoms with van der Waals surface area (Å²) >= 11 is 0. The third-order valence-corrected chi connectivity index (χ3v) is 8.55. The number of carboxylic acids is 1. The molecular weight excluding hydrogens is 351 g/mol. The van der Waals surface area contributed by atoms with Crippen molar-refractivity contribution in [2.75, 3.05) is 0 Å². The zero-order valence-electron chi connectivity index (χ0n) is 15.9. The summed E-state index contributed by atoms with van der Waals surface area (Å²) in [6, 6.07) is 0. The van der Waals surface area contributed by atoms with Crippen LogP contribution in [-0.2, 0) is 9.59 Å². The van der Waals surface area contributed by atoms with Crippen molar-refractivity contribution in [1.82, 2.24) is 0 Å². The summed E-state index contributed by atoms with van der Waals surface area (Å²) in [4.78, 5) is 23.8. The highest BCUT2D eigenvalue weighted by molar-refractivity contribution is 6.01. The first-order chi connectivity index (χ1) is 12.4. The predicted molar refractivity (Wildman–Crippen MR) is 95.5 cm³/mol. The van der Waals surface area contributed by atoms with E-state index in [0.717, 1.165) is 0 Å². The summed E-state index contributed by atoms with van der Waals surface area (Å²) in [6.07, 6.45) is 4.22. The highest BCUT2D eigenvalue weighted by Crippen LogP contribution is 2.70. The molecule has 0 aromatic carbocycles. The second kappa shape index (κ2) is 5.29. The number of carbonyl (C=O) groups is 2. The van der Waals surface area contributed by atoms with Gasteiger partial charge in [-0.05, 0) is 56.6 Å². The van der Waals surface area contributed by atoms with E-state index in [-0.39, 0.29) is 18.1 Å². The van der Waals surface area contributed by atoms with E-state index in [1.54, 1.807) is 26.8 Å². The van der Waals surface area contributed by atoms with Crippen molar-refractivity contribution in [1.29, 1.82) is 0 Å². The number of alkyl halides is 1. The first-order valence-electron chi connectivity index (χ1n) is 9.70. The molecule has 0 spiro atoms. The van der Waals surface area contributed by atoms with E-state index in [1.165, 1.54) is 12.2 Å². The summed E-state index contributed by atoms with van der Waals surface area (Å²) in [5, 5.41) is 31.9. The molecule has 8 atom stereocenters. The van der Waals surface area contributed by atoms with Gasteiger partial charge in [0.25, 0.3) is 0 Å². The molecular formula is C21H27FO5. The minimum Gasteiger partial charge on any atom is -0.479 e. The van der Waals surface area contributed by atoms with Crippen molar-refractivity contribution in [3.8, 4) is 0 Å². The molecule has 4 unspecified atom stereocenters. The number of rotatable bonds is 1. The number of hydrogen-bond donors (Lipinski definition) is 3. The maximum atomic E-state index is 16.8. The number of aliphatic carboxylic acids is 1. The van der Waals surface area contributed by atoms with Crippen LogP contribution < -0.4 is 0 Å². The van der Waals surface area contributed by atoms with Crippen LogP contribution in [0, 0.1) is 28.6 Å². The SMILES string of the molecule is CC1C[C@H]2[C@@H]3CCC4=CC(=O)C=C[C@]4(C)C3(F)C(O)C[C@]2(C)C1(O)C(=O)O. The molecule has 0 amide bonds. The maximum absolute atomic E-state index is 16.8. The highest BCUT2D eigenvalue weighted by Gasteiger charge is 2.76. The van der Waals surface area contributed by atoms with Crippen molar-refractivity contribution in [2.24, 2.45) is 28.6 Å². The van der Waals surface area contributed by atoms with E-state index in [1.807, 2.05) is 0 Å². The van der Waals surface area contributed by atoms with Crippen molar-refractivity contribution < 1.29 is 29.3 Å². The Labute approximate surface area is 158 Å². The molecule has 27 heavy (non-hydrogen) atoms. The van der Waals surface area contributed by atoms with Gasteiger partial charge in [0, 0.05) is 16.7 Å². The summed E-state index contributed by atoms with van der Waals surface area (Å²) in [5.74, 6) is -2.94. The van der Waals surface area contributed by atoms with Gasteiger partial charge in [-0.1, -0.05) is 25.5 Å². The van der Waals surface area contributed by atoms with E-state index >= 15 is 4.39 Å². The average molecular weight is 378 g/mol. The maximum Gasteiger partial charge on any atom is 0.336 e. The monoisotopic (exact) mass is 378 g/mol. The lowest BCUT2D eigenvalue weighted by Gasteiger charge is -2.62. The third kappa shape index (κ3) is 1.91. The lowest BCUT2D eigenvalue weighted by atomic mass is 9.45. The number of ketones is 1. The number of hydrogen-bond acceptors (Lipinski definition) is 4. The summed E-state index contributed by atoms with van der Waals surface area (Å²) in [5.41, 5.74) is -5.51. The van der Waals surface area contributed by atoms with Crippen molar-refractivity contribution in [3.63, 3.8) is 0 Å². The van der Waals surface area contributed by atoms with Crippen LogP contribution in [0.4, 0.5) is 4.39 Å². The molecule has 4 rings (SSSR count). The lowest BCUT2D eigenvalue weighted by molar-refractivity contribution is -0.225. The molecule has 4 aliphatic carbocycles. The van der Waals surface area contributed by atoms with Gasteiger partial charge in [0.2, 0.25) is 0 Å². The van der Waals surface area contributed by atoms with Crippen LogP contribution in [0.15, 0.2) is 23.8 Å². The summed E-state index contributed by atoms with van der Waals surface area (Å²) in [7, 11) is 0. The molecule has 148 valence electrons. The van der Waals surface area contributed by atoms with Crippen molar-refractivity contribution in [2.45, 2.75) is 63.8 Å². The second-order valence-corrected chi connectivity index (χ2v) is 9.47. The van der Waals surface area contributed by atoms with Gasteiger partial charge in [-0.25, -0.2) is 9.18 Å². The fourth-order valence-corrected chi connectivity index (χ4v) is 7.00. The normalized spacial score (nSPS) is 54.0. The standard InChI is InChI=1S/C21H27FO5/c1-11-8-15-14-5-4-12-9-13(23)6-7-18(12,2)20(14,22)16(24)10-19(15,3)21(11,27)17(25)26/h6-7,9,11,14-16,24,27H,4-5,8,10H2,1-3H3,(H,25,26)/t11?,14-,15-,16?,18-,19-,20?,21?/m0/s1. The summed E-state index contributed by atoms with van der Waals surface area (Å²) < 4.78 is 16.8. The number of carbonyl (C=O) groups excluding carboxylic acids is 1. The molecule has 3 fully saturated rings. The van der Waals surface area contributed by atoms with Gasteiger partial charge in [-0.15, -0.1) is 0 Å². The fraction of sp³-hybridized carbons (Fsp3) is 0.714. The van der Waals surface area contributed by atoms with E-state index in [2.05, 4.69) is 0 Å². The Hall–Kier alpha value is -1.53. The molecule has 0 saturated heterocycles. The van der Waals surface area contributed by atoms with Crippen LogP contribution in [0.2, 0.25) is 0 Å². The van der Waals surface area contributed by atoms with Crippen LogP contribution in [-0.4, -0.2) is 44.4 Å². The van der Waals surface area contributed by atoms with Crippen molar-refractivity contribution >= 4 is 11.8 Å². The molecule has 0 heterocycles. The molecule has 3 N–H and O–H groups in total. The van der Waals surface area contributed by atoms with E-state index < -0.39 is 46.0 Å². The fourth-order valence-electron chi connectivity index (χ4n) is 7.00. The number of aliphatic hydroxyl groups is 2. The Bertz CT molecular complexity index is 789. The van der Waals surface area contributed by atoms with Crippen LogP contribution in [0.25, 0.3) is 0 Å². The Morgan fingerprint density at radius 1 is 1.30 bits per heavy atom. The molecule has 0 aromatic heterocycles. The molecule has 0 aromatic rings. The van der Waals surface area contributed by atoms with Gasteiger partial charge >= 0.3 is 5.97 Å². The minimum absolute atomic E-state index is 0.123. The number of allylic oxidation sites excluding steroid dienone is 4.